The smallest absolute Gasteiger partial charge is 0.408 e. The number of nitrogens with one attached hydrogen (secondary N) is 3. The lowest BCUT2D eigenvalue weighted by Gasteiger charge is -2.69. The van der Waals surface area contributed by atoms with Crippen LogP contribution in [0.25, 0.3) is 32.6 Å². The van der Waals surface area contributed by atoms with E-state index in [0.29, 0.717) is 77.5 Å². The molecule has 4 fully saturated rings. The van der Waals surface area contributed by atoms with Crippen molar-refractivity contribution in [3.8, 4) is 22.4 Å². The molecule has 6 aliphatic rings. The molecule has 7 N–H and O–H groups in total. The zero-order chi connectivity index (χ0) is 72.5. The van der Waals surface area contributed by atoms with Crippen molar-refractivity contribution in [2.45, 2.75) is 155 Å². The maximum absolute atomic E-state index is 14.2. The van der Waals surface area contributed by atoms with E-state index in [2.05, 4.69) is 34.8 Å². The van der Waals surface area contributed by atoms with Gasteiger partial charge in [-0.2, -0.15) is 13.5 Å². The van der Waals surface area contributed by atoms with Crippen molar-refractivity contribution in [1.82, 2.24) is 40.2 Å². The lowest BCUT2D eigenvalue weighted by atomic mass is 9.39. The second-order valence-corrected chi connectivity index (χ2v) is 31.5. The van der Waals surface area contributed by atoms with E-state index >= 15 is 0 Å². The van der Waals surface area contributed by atoms with E-state index in [9.17, 15) is 61.2 Å². The Morgan fingerprint density at radius 2 is 1.54 bits per heavy atom. The van der Waals surface area contributed by atoms with Gasteiger partial charge in [-0.1, -0.05) is 81.9 Å². The summed E-state index contributed by atoms with van der Waals surface area (Å²) in [5.41, 5.74) is 10.5. The van der Waals surface area contributed by atoms with Crippen LogP contribution in [0.5, 0.6) is 0 Å². The van der Waals surface area contributed by atoms with E-state index in [4.69, 9.17) is 25.3 Å². The van der Waals surface area contributed by atoms with Crippen LogP contribution in [-0.2, 0) is 67.9 Å². The third-order valence-electron chi connectivity index (χ3n) is 20.1. The van der Waals surface area contributed by atoms with Gasteiger partial charge in [-0.05, 0) is 154 Å². The first-order valence-electron chi connectivity index (χ1n) is 34.0. The number of hydrogen-bond donors (Lipinski definition) is 6. The number of benzene rings is 3. The van der Waals surface area contributed by atoms with Crippen molar-refractivity contribution in [3.63, 3.8) is 0 Å². The predicted molar refractivity (Wildman–Crippen MR) is 377 cm³/mol. The molecule has 0 saturated heterocycles. The van der Waals surface area contributed by atoms with Crippen LogP contribution < -0.4 is 31.5 Å². The summed E-state index contributed by atoms with van der Waals surface area (Å²) in [4.78, 5) is 133. The molecule has 12 rings (SSSR count). The summed E-state index contributed by atoms with van der Waals surface area (Å²) in [7, 11) is -3.40. The number of fused-ring (bicyclic) bond motifs is 2. The highest BCUT2D eigenvalue weighted by Gasteiger charge is 2.66. The number of anilines is 3. The number of primary amides is 1. The third-order valence-corrected chi connectivity index (χ3v) is 21.8. The summed E-state index contributed by atoms with van der Waals surface area (Å²) < 4.78 is 49.9. The molecule has 29 heteroatoms. The molecule has 4 saturated carbocycles. The fourth-order valence-corrected chi connectivity index (χ4v) is 18.1. The van der Waals surface area contributed by atoms with Gasteiger partial charge in [-0.3, -0.25) is 58.0 Å². The van der Waals surface area contributed by atoms with Gasteiger partial charge in [0.1, 0.15) is 30.5 Å². The van der Waals surface area contributed by atoms with E-state index in [-0.39, 0.29) is 71.6 Å². The van der Waals surface area contributed by atoms with Crippen LogP contribution in [0.2, 0.25) is 0 Å². The average molecular weight is 1420 g/mol. The van der Waals surface area contributed by atoms with E-state index in [1.165, 1.54) is 71.5 Å². The number of alkyl carbamates (subject to hydrolysis) is 1. The minimum absolute atomic E-state index is 0.00835. The number of carbonyl (C=O) groups excluding carboxylic acids is 8. The Kier molecular flexibility index (Phi) is 21.1. The highest BCUT2D eigenvalue weighted by atomic mass is 32.2. The molecule has 4 aliphatic carbocycles. The van der Waals surface area contributed by atoms with Gasteiger partial charge in [-0.25, -0.2) is 24.4 Å². The van der Waals surface area contributed by atoms with E-state index in [1.54, 1.807) is 37.1 Å². The second kappa shape index (κ2) is 29.3. The number of imide groups is 1. The number of para-hydroxylation sites is 1. The number of carboxylic acids is 1. The monoisotopic (exact) mass is 1420 g/mol. The number of ether oxygens (including phenoxy) is 2. The number of carbonyl (C=O) groups is 9. The number of aryl methyl sites for hydroxylation is 1. The van der Waals surface area contributed by atoms with Crippen molar-refractivity contribution in [2.75, 3.05) is 54.2 Å². The Hall–Kier alpha value is -9.45. The SMILES string of the molecule is Cc1c(-c2ccc(-c3ccc4c(c3)N(C(=O)Nc3nc5ccccc5s3)CCC4)nc2C(=O)O)cnn1CC12CC3(C)CC(C)(C1)CC(OCCN(C)C(=O)[C@H](CS(=O)(=O)O)NC(=O)OCc1ccc(N(C(=O)[C@@H](NC(=O)CCCCCN4C(=O)C=CC4=O)C(C)C)[C@@H](C)C(N)=O)cc1)(C3)C2. The highest BCUT2D eigenvalue weighted by molar-refractivity contribution is 7.85. The lowest BCUT2D eigenvalue weighted by molar-refractivity contribution is -0.248. The first-order chi connectivity index (χ1) is 47.8. The maximum atomic E-state index is 14.2. The molecule has 27 nitrogen and oxygen atoms in total. The van der Waals surface area contributed by atoms with E-state index in [1.807, 2.05) is 54.1 Å². The first-order valence-corrected chi connectivity index (χ1v) is 36.4. The number of rotatable bonds is 28. The van der Waals surface area contributed by atoms with Crippen molar-refractivity contribution < 1.29 is 70.7 Å². The van der Waals surface area contributed by atoms with Crippen LogP contribution in [-0.4, -0.2) is 164 Å². The Labute approximate surface area is 589 Å². The summed E-state index contributed by atoms with van der Waals surface area (Å²) in [6.45, 7) is 12.3. The van der Waals surface area contributed by atoms with E-state index < -0.39 is 87.8 Å². The minimum atomic E-state index is -4.84. The summed E-state index contributed by atoms with van der Waals surface area (Å²) >= 11 is 1.40. The summed E-state index contributed by atoms with van der Waals surface area (Å²) in [5.74, 6) is -6.27. The number of amides is 9. The topological polar surface area (TPSA) is 365 Å². The maximum Gasteiger partial charge on any atom is 0.408 e. The number of carboxylic acid groups (broad SMARTS) is 1. The number of aromatic nitrogens is 4. The molecule has 6 aromatic rings. The molecule has 9 amide bonds. The molecule has 2 aliphatic heterocycles. The predicted octanol–water partition coefficient (Wildman–Crippen LogP) is 8.82. The van der Waals surface area contributed by atoms with Crippen LogP contribution in [0.4, 0.5) is 26.1 Å². The standard InChI is InChI=1S/C72H86N12O15S2/c1-43(2)60(78-57(85)17-9-8-12-28-82-58(86)26-27-59(82)87)64(90)84(45(4)62(73)88)49-22-18-46(19-23-49)34-98-68(94)77-54(35-101(95,96)97)63(89)80(7)30-31-99-72-39-69(5)36-70(6,40-72)38-71(37-69,41-72)42-83-44(3)51(33-74-83)50-24-25-52(75-61(50)65(91)92)48-21-20-47-14-13-29-81(55(47)32-48)67(93)79-66-76-53-15-10-11-16-56(53)100-66/h10-11,15-16,18-27,32-33,43,45,54,60H,8-9,12-14,17,28-31,34-42H2,1-7H3,(H2,73,88)(H,77,94)(H,78,85)(H,91,92)(H,76,79,93)(H,95,96,97)/t45-,54-,60-,69?,70?,71?,72?/m0/s1. The van der Waals surface area contributed by atoms with Gasteiger partial charge in [0.2, 0.25) is 17.7 Å². The number of likely N-dealkylation sites (N-methyl/N-ethyl adjacent to an activating group) is 1. The molecular weight excluding hydrogens is 1340 g/mol. The van der Waals surface area contributed by atoms with Gasteiger partial charge in [0, 0.05) is 85.6 Å². The zero-order valence-electron chi connectivity index (χ0n) is 57.7. The molecule has 101 heavy (non-hydrogen) atoms. The zero-order valence-corrected chi connectivity index (χ0v) is 59.3. The van der Waals surface area contributed by atoms with Gasteiger partial charge in [0.25, 0.3) is 27.8 Å². The largest absolute Gasteiger partial charge is 0.476 e. The first kappa shape index (κ1) is 72.8. The third kappa shape index (κ3) is 16.5. The average Bonchev–Trinajstić information content (AvgIpc) is 1.49. The van der Waals surface area contributed by atoms with Gasteiger partial charge < -0.3 is 35.8 Å². The van der Waals surface area contributed by atoms with Crippen molar-refractivity contribution in [3.05, 3.63) is 120 Å². The fourth-order valence-electron chi connectivity index (χ4n) is 16.6. The normalized spacial score (nSPS) is 21.5. The second-order valence-electron chi connectivity index (χ2n) is 28.9. The fraction of sp³-hybridized carbons (Fsp3) is 0.472. The number of pyridine rings is 1. The van der Waals surface area contributed by atoms with Crippen molar-refractivity contribution in [1.29, 1.82) is 0 Å². The van der Waals surface area contributed by atoms with Crippen LogP contribution >= 0.6 is 11.3 Å². The lowest BCUT2D eigenvalue weighted by Crippen LogP contribution is -2.64. The van der Waals surface area contributed by atoms with Gasteiger partial charge >= 0.3 is 18.1 Å². The molecule has 3 aromatic carbocycles. The highest BCUT2D eigenvalue weighted by Crippen LogP contribution is 2.72. The summed E-state index contributed by atoms with van der Waals surface area (Å²) in [5, 5.41) is 24.2. The van der Waals surface area contributed by atoms with Gasteiger partial charge in [-0.15, -0.1) is 0 Å². The number of thiazole rings is 1. The quantitative estimate of drug-likeness (QED) is 0.0152. The van der Waals surface area contributed by atoms with E-state index in [0.717, 1.165) is 71.3 Å². The number of urea groups is 1. The minimum Gasteiger partial charge on any atom is -0.476 e. The molecule has 5 atom stereocenters. The number of nitrogens with zero attached hydrogens (tertiary/aromatic N) is 8. The Balaban J connectivity index is 0.699. The number of aromatic carboxylic acids is 1. The number of nitrogens with two attached hydrogens (primary N) is 1. The van der Waals surface area contributed by atoms with Crippen LogP contribution in [0.1, 0.15) is 133 Å². The van der Waals surface area contributed by atoms with Crippen LogP contribution in [0.15, 0.2) is 97.2 Å². The molecule has 0 radical (unpaired) electrons. The molecule has 536 valence electrons. The molecule has 2 unspecified atom stereocenters. The molecule has 0 spiro atoms. The van der Waals surface area contributed by atoms with Crippen molar-refractivity contribution >= 4 is 102 Å². The van der Waals surface area contributed by atoms with Crippen LogP contribution in [0.3, 0.4) is 0 Å². The Morgan fingerprint density at radius 1 is 0.832 bits per heavy atom. The number of unbranched alkanes of at least 4 members (excludes halogenated alkanes) is 2. The molecular formula is C72H86N12O15S2. The Bertz CT molecular complexity index is 4330. The van der Waals surface area contributed by atoms with Gasteiger partial charge in [0.15, 0.2) is 10.8 Å². The Morgan fingerprint density at radius 3 is 2.22 bits per heavy atom. The van der Waals surface area contributed by atoms with Crippen LogP contribution in [0, 0.1) is 29.1 Å². The summed E-state index contributed by atoms with van der Waals surface area (Å²) in [6.07, 6.45) is 10.9. The number of hydrogen-bond acceptors (Lipinski definition) is 17. The molecule has 3 aromatic heterocycles. The summed E-state index contributed by atoms with van der Waals surface area (Å²) in [6, 6.07) is 18.6. The molecule has 4 bridgehead atoms. The van der Waals surface area contributed by atoms with Crippen molar-refractivity contribution in [2.24, 2.45) is 27.9 Å². The van der Waals surface area contributed by atoms with Gasteiger partial charge in [0.05, 0.1) is 34.3 Å². The molecule has 5 heterocycles.